The summed E-state index contributed by atoms with van der Waals surface area (Å²) in [6.45, 7) is 3.77. The number of hydrogen-bond donors (Lipinski definition) is 4. The summed E-state index contributed by atoms with van der Waals surface area (Å²) in [5.74, 6) is 0.358. The zero-order chi connectivity index (χ0) is 21.3. The van der Waals surface area contributed by atoms with Crippen LogP contribution in [-0.4, -0.2) is 51.8 Å². The van der Waals surface area contributed by atoms with Gasteiger partial charge in [0.05, 0.1) is 4.90 Å². The monoisotopic (exact) mass is 421 g/mol. The first-order chi connectivity index (χ1) is 13.8. The first-order valence-corrected chi connectivity index (χ1v) is 10.9. The van der Waals surface area contributed by atoms with Crippen molar-refractivity contribution in [2.24, 2.45) is 5.14 Å². The number of aliphatic hydroxyl groups excluding tert-OH is 1. The van der Waals surface area contributed by atoms with E-state index in [0.717, 1.165) is 12.1 Å². The number of likely N-dealkylation sites (N-methyl/N-ethyl adjacent to an activating group) is 1. The SMILES string of the molecule is CCNCC(O)COc1ccc(C(=O)NCCc2ccc(S(N)(=O)=O)cc2)cc1. The Bertz CT molecular complexity index is 883. The Hall–Kier alpha value is -2.46. The molecule has 0 aliphatic heterocycles. The van der Waals surface area contributed by atoms with Crippen molar-refractivity contribution in [1.29, 1.82) is 0 Å². The van der Waals surface area contributed by atoms with Crippen LogP contribution in [-0.2, 0) is 16.4 Å². The average molecular weight is 422 g/mol. The minimum atomic E-state index is -3.70. The van der Waals surface area contributed by atoms with Crippen molar-refractivity contribution < 1.29 is 23.1 Å². The zero-order valence-electron chi connectivity index (χ0n) is 16.3. The van der Waals surface area contributed by atoms with Crippen molar-refractivity contribution >= 4 is 15.9 Å². The lowest BCUT2D eigenvalue weighted by atomic mass is 10.1. The van der Waals surface area contributed by atoms with Crippen molar-refractivity contribution in [2.75, 3.05) is 26.2 Å². The third kappa shape index (κ3) is 7.82. The molecule has 0 spiro atoms. The summed E-state index contributed by atoms with van der Waals surface area (Å²) in [5, 5.41) is 20.7. The summed E-state index contributed by atoms with van der Waals surface area (Å²) >= 11 is 0. The fourth-order valence-corrected chi connectivity index (χ4v) is 3.05. The Balaban J connectivity index is 1.77. The highest BCUT2D eigenvalue weighted by Gasteiger charge is 2.09. The van der Waals surface area contributed by atoms with E-state index in [0.29, 0.717) is 30.8 Å². The second-order valence-corrected chi connectivity index (χ2v) is 8.05. The molecule has 0 aromatic heterocycles. The number of carbonyl (C=O) groups excluding carboxylic acids is 1. The molecule has 0 radical (unpaired) electrons. The maximum absolute atomic E-state index is 12.2. The molecule has 0 bridgehead atoms. The van der Waals surface area contributed by atoms with Gasteiger partial charge in [-0.25, -0.2) is 13.6 Å². The second kappa shape index (κ2) is 10.9. The molecule has 158 valence electrons. The summed E-state index contributed by atoms with van der Waals surface area (Å²) in [5.41, 5.74) is 1.38. The quantitative estimate of drug-likeness (QED) is 0.422. The van der Waals surface area contributed by atoms with E-state index in [9.17, 15) is 18.3 Å². The van der Waals surface area contributed by atoms with Crippen LogP contribution in [0.3, 0.4) is 0 Å². The van der Waals surface area contributed by atoms with E-state index in [4.69, 9.17) is 9.88 Å². The summed E-state index contributed by atoms with van der Waals surface area (Å²) in [7, 11) is -3.70. The van der Waals surface area contributed by atoms with Gasteiger partial charge in [0.15, 0.2) is 0 Å². The Kier molecular flexibility index (Phi) is 8.59. The highest BCUT2D eigenvalue weighted by molar-refractivity contribution is 7.89. The van der Waals surface area contributed by atoms with E-state index in [1.807, 2.05) is 6.92 Å². The van der Waals surface area contributed by atoms with Gasteiger partial charge in [-0.05, 0) is 54.9 Å². The number of primary sulfonamides is 1. The molecule has 0 heterocycles. The van der Waals surface area contributed by atoms with Crippen LogP contribution in [0.1, 0.15) is 22.8 Å². The van der Waals surface area contributed by atoms with Crippen molar-refractivity contribution in [3.05, 3.63) is 59.7 Å². The standard InChI is InChI=1S/C20H27N3O5S/c1-2-22-13-17(24)14-28-18-7-5-16(6-8-18)20(25)23-12-11-15-3-9-19(10-4-15)29(21,26)27/h3-10,17,22,24H,2,11-14H2,1H3,(H,23,25)(H2,21,26,27). The lowest BCUT2D eigenvalue weighted by Gasteiger charge is -2.13. The van der Waals surface area contributed by atoms with E-state index < -0.39 is 16.1 Å². The van der Waals surface area contributed by atoms with Gasteiger partial charge in [-0.15, -0.1) is 0 Å². The zero-order valence-corrected chi connectivity index (χ0v) is 17.1. The molecule has 1 amide bonds. The maximum atomic E-state index is 12.2. The average Bonchev–Trinajstić information content (AvgIpc) is 2.70. The predicted octanol–water partition coefficient (Wildman–Crippen LogP) is 0.656. The largest absolute Gasteiger partial charge is 0.491 e. The van der Waals surface area contributed by atoms with Gasteiger partial charge < -0.3 is 20.5 Å². The fraction of sp³-hybridized carbons (Fsp3) is 0.350. The number of amides is 1. The van der Waals surface area contributed by atoms with Crippen LogP contribution in [0.5, 0.6) is 5.75 Å². The topological polar surface area (TPSA) is 131 Å². The highest BCUT2D eigenvalue weighted by Crippen LogP contribution is 2.13. The number of nitrogens with two attached hydrogens (primary N) is 1. The van der Waals surface area contributed by atoms with Gasteiger partial charge >= 0.3 is 0 Å². The second-order valence-electron chi connectivity index (χ2n) is 6.49. The Morgan fingerprint density at radius 2 is 1.79 bits per heavy atom. The molecule has 29 heavy (non-hydrogen) atoms. The van der Waals surface area contributed by atoms with E-state index >= 15 is 0 Å². The molecule has 0 aliphatic rings. The van der Waals surface area contributed by atoms with Gasteiger partial charge in [-0.1, -0.05) is 19.1 Å². The third-order valence-electron chi connectivity index (χ3n) is 4.14. The molecule has 0 saturated carbocycles. The van der Waals surface area contributed by atoms with Crippen molar-refractivity contribution in [3.63, 3.8) is 0 Å². The van der Waals surface area contributed by atoms with Gasteiger partial charge in [-0.3, -0.25) is 4.79 Å². The van der Waals surface area contributed by atoms with Gasteiger partial charge in [-0.2, -0.15) is 0 Å². The summed E-state index contributed by atoms with van der Waals surface area (Å²) in [4.78, 5) is 12.3. The minimum absolute atomic E-state index is 0.0572. The van der Waals surface area contributed by atoms with Crippen LogP contribution in [0.25, 0.3) is 0 Å². The number of aliphatic hydroxyl groups is 1. The molecule has 0 saturated heterocycles. The molecule has 0 fully saturated rings. The number of nitrogens with one attached hydrogen (secondary N) is 2. The Morgan fingerprint density at radius 1 is 1.14 bits per heavy atom. The lowest BCUT2D eigenvalue weighted by molar-refractivity contribution is 0.0953. The van der Waals surface area contributed by atoms with Crippen molar-refractivity contribution in [3.8, 4) is 5.75 Å². The Morgan fingerprint density at radius 3 is 2.38 bits per heavy atom. The molecule has 0 aliphatic carbocycles. The number of benzene rings is 2. The third-order valence-corrected chi connectivity index (χ3v) is 5.07. The van der Waals surface area contributed by atoms with Gasteiger partial charge in [0.1, 0.15) is 18.5 Å². The fourth-order valence-electron chi connectivity index (χ4n) is 2.53. The van der Waals surface area contributed by atoms with Gasteiger partial charge in [0.25, 0.3) is 5.91 Å². The smallest absolute Gasteiger partial charge is 0.251 e. The number of sulfonamides is 1. The molecule has 2 aromatic carbocycles. The minimum Gasteiger partial charge on any atom is -0.491 e. The van der Waals surface area contributed by atoms with Gasteiger partial charge in [0, 0.05) is 18.7 Å². The number of ether oxygens (including phenoxy) is 1. The normalized spacial score (nSPS) is 12.4. The Labute approximate surface area is 171 Å². The molecule has 8 nitrogen and oxygen atoms in total. The number of hydrogen-bond acceptors (Lipinski definition) is 6. The summed E-state index contributed by atoms with van der Waals surface area (Å²) in [6.07, 6.45) is -0.0430. The van der Waals surface area contributed by atoms with Crippen molar-refractivity contribution in [1.82, 2.24) is 10.6 Å². The van der Waals surface area contributed by atoms with E-state index in [1.54, 1.807) is 36.4 Å². The predicted molar refractivity (Wildman–Crippen MR) is 110 cm³/mol. The van der Waals surface area contributed by atoms with Crippen molar-refractivity contribution in [2.45, 2.75) is 24.3 Å². The van der Waals surface area contributed by atoms with Crippen LogP contribution in [0, 0.1) is 0 Å². The van der Waals surface area contributed by atoms with Crippen LogP contribution >= 0.6 is 0 Å². The summed E-state index contributed by atoms with van der Waals surface area (Å²) < 4.78 is 28.0. The molecule has 9 heteroatoms. The lowest BCUT2D eigenvalue weighted by Crippen LogP contribution is -2.31. The van der Waals surface area contributed by atoms with E-state index in [-0.39, 0.29) is 17.4 Å². The van der Waals surface area contributed by atoms with Crippen LogP contribution in [0.2, 0.25) is 0 Å². The molecule has 2 aromatic rings. The molecular weight excluding hydrogens is 394 g/mol. The molecule has 1 unspecified atom stereocenters. The van der Waals surface area contributed by atoms with Crippen LogP contribution in [0.4, 0.5) is 0 Å². The van der Waals surface area contributed by atoms with Crippen LogP contribution in [0.15, 0.2) is 53.4 Å². The summed E-state index contributed by atoms with van der Waals surface area (Å²) in [6, 6.07) is 12.9. The number of carbonyl (C=O) groups is 1. The highest BCUT2D eigenvalue weighted by atomic mass is 32.2. The van der Waals surface area contributed by atoms with Crippen LogP contribution < -0.4 is 20.5 Å². The number of rotatable bonds is 11. The molecule has 2 rings (SSSR count). The maximum Gasteiger partial charge on any atom is 0.251 e. The molecule has 5 N–H and O–H groups in total. The van der Waals surface area contributed by atoms with E-state index in [2.05, 4.69) is 10.6 Å². The first-order valence-electron chi connectivity index (χ1n) is 9.31. The first kappa shape index (κ1) is 22.8. The van der Waals surface area contributed by atoms with Gasteiger partial charge in [0.2, 0.25) is 10.0 Å². The molecular formula is C20H27N3O5S. The van der Waals surface area contributed by atoms with E-state index in [1.165, 1.54) is 12.1 Å². The molecule has 1 atom stereocenters.